The first kappa shape index (κ1) is 14.6. The molecule has 0 heterocycles. The summed E-state index contributed by atoms with van der Waals surface area (Å²) in [5.74, 6) is 0. The van der Waals surface area contributed by atoms with Crippen molar-refractivity contribution in [2.45, 2.75) is 45.2 Å². The van der Waals surface area contributed by atoms with Crippen LogP contribution in [0.3, 0.4) is 0 Å². The van der Waals surface area contributed by atoms with Crippen LogP contribution in [0.4, 0.5) is 13.2 Å². The molecule has 18 heavy (non-hydrogen) atoms. The normalized spacial score (nSPS) is 12.3. The van der Waals surface area contributed by atoms with E-state index in [0.717, 1.165) is 12.5 Å². The summed E-state index contributed by atoms with van der Waals surface area (Å²) < 4.78 is 39.1. The number of benzene rings is 1. The van der Waals surface area contributed by atoms with Gasteiger partial charge in [-0.2, -0.15) is 18.4 Å². The molecule has 1 rings (SSSR count). The highest BCUT2D eigenvalue weighted by molar-refractivity contribution is 5.42. The minimum atomic E-state index is -4.42. The Morgan fingerprint density at radius 3 is 2.22 bits per heavy atom. The summed E-state index contributed by atoms with van der Waals surface area (Å²) >= 11 is 0. The Kier molecular flexibility index (Phi) is 4.05. The van der Waals surface area contributed by atoms with Gasteiger partial charge in [-0.25, -0.2) is 0 Å². The fourth-order valence-electron chi connectivity index (χ4n) is 2.20. The van der Waals surface area contributed by atoms with Crippen LogP contribution in [0, 0.1) is 11.3 Å². The summed E-state index contributed by atoms with van der Waals surface area (Å²) in [7, 11) is 0. The molecule has 0 aliphatic heterocycles. The Bertz CT molecular complexity index is 467. The molecule has 98 valence electrons. The van der Waals surface area contributed by atoms with Gasteiger partial charge >= 0.3 is 6.18 Å². The van der Waals surface area contributed by atoms with E-state index in [1.54, 1.807) is 19.9 Å². The molecule has 0 spiro atoms. The fourth-order valence-corrected chi connectivity index (χ4v) is 2.20. The second-order valence-corrected chi connectivity index (χ2v) is 5.00. The van der Waals surface area contributed by atoms with Gasteiger partial charge in [0.1, 0.15) is 0 Å². The topological polar surface area (TPSA) is 23.8 Å². The van der Waals surface area contributed by atoms with E-state index in [0.29, 0.717) is 6.42 Å². The largest absolute Gasteiger partial charge is 0.416 e. The average molecular weight is 255 g/mol. The van der Waals surface area contributed by atoms with Gasteiger partial charge in [-0.15, -0.1) is 0 Å². The molecule has 1 aromatic rings. The molecule has 1 aromatic carbocycles. The lowest BCUT2D eigenvalue weighted by molar-refractivity contribution is -0.138. The molecule has 0 radical (unpaired) electrons. The number of hydrogen-bond acceptors (Lipinski definition) is 1. The van der Waals surface area contributed by atoms with Crippen LogP contribution >= 0.6 is 0 Å². The first-order chi connectivity index (χ1) is 8.22. The minimum Gasteiger partial charge on any atom is -0.192 e. The summed E-state index contributed by atoms with van der Waals surface area (Å²) in [6.45, 7) is 5.54. The van der Waals surface area contributed by atoms with Crippen LogP contribution < -0.4 is 0 Å². The highest BCUT2D eigenvalue weighted by atomic mass is 19.4. The Labute approximate surface area is 105 Å². The van der Waals surface area contributed by atoms with Crippen molar-refractivity contribution in [3.8, 4) is 6.07 Å². The van der Waals surface area contributed by atoms with Crippen molar-refractivity contribution in [1.29, 1.82) is 5.26 Å². The number of hydrogen-bond donors (Lipinski definition) is 0. The molecule has 0 saturated carbocycles. The van der Waals surface area contributed by atoms with E-state index < -0.39 is 17.2 Å². The summed E-state index contributed by atoms with van der Waals surface area (Å²) in [4.78, 5) is 0. The van der Waals surface area contributed by atoms with Gasteiger partial charge in [-0.1, -0.05) is 33.3 Å². The van der Waals surface area contributed by atoms with E-state index >= 15 is 0 Å². The fraction of sp³-hybridized carbons (Fsp3) is 0.500. The third-order valence-corrected chi connectivity index (χ3v) is 3.06. The number of nitrogens with zero attached hydrogens (tertiary/aromatic N) is 1. The zero-order chi connectivity index (χ0) is 14.0. The van der Waals surface area contributed by atoms with Gasteiger partial charge in [0.2, 0.25) is 0 Å². The maximum Gasteiger partial charge on any atom is 0.416 e. The van der Waals surface area contributed by atoms with Crippen LogP contribution in [-0.2, 0) is 11.6 Å². The SMILES string of the molecule is CCCC(C)(C)c1ccc(C#N)cc1C(F)(F)F. The van der Waals surface area contributed by atoms with E-state index in [2.05, 4.69) is 0 Å². The molecule has 0 aromatic heterocycles. The van der Waals surface area contributed by atoms with E-state index in [1.807, 2.05) is 6.92 Å². The maximum absolute atomic E-state index is 13.0. The average Bonchev–Trinajstić information content (AvgIpc) is 2.27. The smallest absolute Gasteiger partial charge is 0.192 e. The van der Waals surface area contributed by atoms with Gasteiger partial charge < -0.3 is 0 Å². The van der Waals surface area contributed by atoms with Gasteiger partial charge in [-0.3, -0.25) is 0 Å². The molecular formula is C14H16F3N. The molecule has 0 unspecified atom stereocenters. The second kappa shape index (κ2) is 5.01. The molecule has 0 atom stereocenters. The lowest BCUT2D eigenvalue weighted by Gasteiger charge is -2.28. The summed E-state index contributed by atoms with van der Waals surface area (Å²) in [6, 6.07) is 5.56. The van der Waals surface area contributed by atoms with Gasteiger partial charge in [0, 0.05) is 0 Å². The van der Waals surface area contributed by atoms with E-state index in [4.69, 9.17) is 5.26 Å². The third-order valence-electron chi connectivity index (χ3n) is 3.06. The summed E-state index contributed by atoms with van der Waals surface area (Å²) in [5, 5.41) is 8.71. The van der Waals surface area contributed by atoms with E-state index in [1.165, 1.54) is 12.1 Å². The molecule has 0 aliphatic rings. The number of alkyl halides is 3. The molecule has 4 heteroatoms. The summed E-state index contributed by atoms with van der Waals surface area (Å²) in [6.07, 6.45) is -2.94. The van der Waals surface area contributed by atoms with Crippen LogP contribution in [0.2, 0.25) is 0 Å². The molecule has 0 aliphatic carbocycles. The molecule has 0 saturated heterocycles. The molecule has 0 bridgehead atoms. The van der Waals surface area contributed by atoms with Crippen LogP contribution in [0.5, 0.6) is 0 Å². The van der Waals surface area contributed by atoms with Crippen molar-refractivity contribution >= 4 is 0 Å². The molecule has 0 N–H and O–H groups in total. The lowest BCUT2D eigenvalue weighted by Crippen LogP contribution is -2.22. The quantitative estimate of drug-likeness (QED) is 0.770. The minimum absolute atomic E-state index is 0.0402. The molecule has 0 fully saturated rings. The number of halogens is 3. The number of rotatable bonds is 3. The highest BCUT2D eigenvalue weighted by Crippen LogP contribution is 2.39. The van der Waals surface area contributed by atoms with Crippen LogP contribution in [0.15, 0.2) is 18.2 Å². The van der Waals surface area contributed by atoms with E-state index in [-0.39, 0.29) is 11.1 Å². The zero-order valence-corrected chi connectivity index (χ0v) is 10.7. The predicted molar refractivity (Wildman–Crippen MR) is 64.1 cm³/mol. The Balaban J connectivity index is 3.41. The van der Waals surface area contributed by atoms with Crippen molar-refractivity contribution in [3.63, 3.8) is 0 Å². The maximum atomic E-state index is 13.0. The Morgan fingerprint density at radius 2 is 1.78 bits per heavy atom. The number of nitriles is 1. The van der Waals surface area contributed by atoms with E-state index in [9.17, 15) is 13.2 Å². The van der Waals surface area contributed by atoms with Crippen LogP contribution in [-0.4, -0.2) is 0 Å². The van der Waals surface area contributed by atoms with Gasteiger partial charge in [0.15, 0.2) is 0 Å². The van der Waals surface area contributed by atoms with Gasteiger partial charge in [0.05, 0.1) is 17.2 Å². The lowest BCUT2D eigenvalue weighted by atomic mass is 9.78. The monoisotopic (exact) mass is 255 g/mol. The van der Waals surface area contributed by atoms with Crippen LogP contribution in [0.1, 0.15) is 50.3 Å². The summed E-state index contributed by atoms with van der Waals surface area (Å²) in [5.41, 5.74) is -0.942. The van der Waals surface area contributed by atoms with Gasteiger partial charge in [-0.05, 0) is 29.5 Å². The standard InChI is InChI=1S/C14H16F3N/c1-4-7-13(2,3)11-6-5-10(9-18)8-12(11)14(15,16)17/h5-6,8H,4,7H2,1-3H3. The molecule has 1 nitrogen and oxygen atoms in total. The predicted octanol–water partition coefficient (Wildman–Crippen LogP) is 4.65. The third kappa shape index (κ3) is 3.04. The first-order valence-electron chi connectivity index (χ1n) is 5.84. The zero-order valence-electron chi connectivity index (χ0n) is 10.7. The van der Waals surface area contributed by atoms with Crippen LogP contribution in [0.25, 0.3) is 0 Å². The second-order valence-electron chi connectivity index (χ2n) is 5.00. The first-order valence-corrected chi connectivity index (χ1v) is 5.84. The van der Waals surface area contributed by atoms with Crippen molar-refractivity contribution in [3.05, 3.63) is 34.9 Å². The van der Waals surface area contributed by atoms with Gasteiger partial charge in [0.25, 0.3) is 0 Å². The van der Waals surface area contributed by atoms with Crippen molar-refractivity contribution in [2.75, 3.05) is 0 Å². The molecule has 0 amide bonds. The van der Waals surface area contributed by atoms with Crippen molar-refractivity contribution in [2.24, 2.45) is 0 Å². The highest BCUT2D eigenvalue weighted by Gasteiger charge is 2.37. The Morgan fingerprint density at radius 1 is 1.17 bits per heavy atom. The van der Waals surface area contributed by atoms with Crippen molar-refractivity contribution < 1.29 is 13.2 Å². The molecular weight excluding hydrogens is 239 g/mol. The Hall–Kier alpha value is -1.50. The van der Waals surface area contributed by atoms with Crippen molar-refractivity contribution in [1.82, 2.24) is 0 Å².